The molecule has 0 N–H and O–H groups in total. The zero-order valence-corrected chi connectivity index (χ0v) is 12.1. The van der Waals surface area contributed by atoms with Crippen molar-refractivity contribution in [1.29, 1.82) is 0 Å². The fourth-order valence-corrected chi connectivity index (χ4v) is 2.38. The Morgan fingerprint density at radius 2 is 1.68 bits per heavy atom. The van der Waals surface area contributed by atoms with Gasteiger partial charge in [0.1, 0.15) is 11.9 Å². The van der Waals surface area contributed by atoms with E-state index in [1.165, 1.54) is 17.7 Å². The minimum absolute atomic E-state index is 0.0741. The molecule has 0 aromatic heterocycles. The van der Waals surface area contributed by atoms with Crippen LogP contribution >= 0.6 is 0 Å². The molecule has 114 valence electrons. The lowest BCUT2D eigenvalue weighted by molar-refractivity contribution is -0.384. The van der Waals surface area contributed by atoms with Gasteiger partial charge in [-0.1, -0.05) is 30.3 Å². The molecule has 0 radical (unpaired) electrons. The van der Waals surface area contributed by atoms with E-state index in [1.807, 2.05) is 30.3 Å². The standard InChI is InChI=1S/C17H17NO4/c19-18(20)14-6-8-15(9-7-14)22-17-10-16(11-17)21-12-13-4-2-1-3-5-13/h1-9,16-17H,10-12H2/t16-,17+. The summed E-state index contributed by atoms with van der Waals surface area (Å²) in [6.07, 6.45) is 2.05. The Morgan fingerprint density at radius 1 is 1.00 bits per heavy atom. The van der Waals surface area contributed by atoms with E-state index in [1.54, 1.807) is 12.1 Å². The maximum atomic E-state index is 10.6. The highest BCUT2D eigenvalue weighted by Gasteiger charge is 2.31. The number of nitrogens with zero attached hydrogens (tertiary/aromatic N) is 1. The topological polar surface area (TPSA) is 61.6 Å². The molecule has 1 fully saturated rings. The van der Waals surface area contributed by atoms with Crippen LogP contribution in [0.1, 0.15) is 18.4 Å². The minimum Gasteiger partial charge on any atom is -0.490 e. The van der Waals surface area contributed by atoms with E-state index in [-0.39, 0.29) is 17.9 Å². The van der Waals surface area contributed by atoms with Crippen molar-refractivity contribution in [1.82, 2.24) is 0 Å². The fourth-order valence-electron chi connectivity index (χ4n) is 2.38. The molecule has 5 nitrogen and oxygen atoms in total. The van der Waals surface area contributed by atoms with Crippen LogP contribution < -0.4 is 4.74 Å². The molecule has 0 saturated heterocycles. The Morgan fingerprint density at radius 3 is 2.32 bits per heavy atom. The third kappa shape index (κ3) is 3.62. The van der Waals surface area contributed by atoms with Gasteiger partial charge < -0.3 is 9.47 Å². The summed E-state index contributed by atoms with van der Waals surface area (Å²) in [7, 11) is 0. The SMILES string of the molecule is O=[N+]([O-])c1ccc(O[C@H]2C[C@@H](OCc3ccccc3)C2)cc1. The van der Waals surface area contributed by atoms with Gasteiger partial charge in [-0.15, -0.1) is 0 Å². The molecule has 1 aliphatic rings. The summed E-state index contributed by atoms with van der Waals surface area (Å²) in [6, 6.07) is 16.3. The van der Waals surface area contributed by atoms with Crippen molar-refractivity contribution in [3.05, 3.63) is 70.3 Å². The molecule has 1 saturated carbocycles. The van der Waals surface area contributed by atoms with Crippen molar-refractivity contribution in [2.75, 3.05) is 0 Å². The first-order valence-electron chi connectivity index (χ1n) is 7.27. The number of hydrogen-bond donors (Lipinski definition) is 0. The van der Waals surface area contributed by atoms with E-state index < -0.39 is 4.92 Å². The Bertz CT molecular complexity index is 621. The zero-order chi connectivity index (χ0) is 15.4. The quantitative estimate of drug-likeness (QED) is 0.602. The number of nitro benzene ring substituents is 1. The third-order valence-corrected chi connectivity index (χ3v) is 3.73. The average molecular weight is 299 g/mol. The van der Waals surface area contributed by atoms with Crippen LogP contribution in [0.4, 0.5) is 5.69 Å². The highest BCUT2D eigenvalue weighted by Crippen LogP contribution is 2.29. The van der Waals surface area contributed by atoms with Gasteiger partial charge in [0, 0.05) is 25.0 Å². The smallest absolute Gasteiger partial charge is 0.269 e. The number of benzene rings is 2. The lowest BCUT2D eigenvalue weighted by Crippen LogP contribution is -2.39. The lowest BCUT2D eigenvalue weighted by atomic mass is 9.92. The predicted molar refractivity (Wildman–Crippen MR) is 81.8 cm³/mol. The van der Waals surface area contributed by atoms with Gasteiger partial charge in [0.25, 0.3) is 5.69 Å². The number of ether oxygens (including phenoxy) is 2. The summed E-state index contributed by atoms with van der Waals surface area (Å²) in [4.78, 5) is 10.2. The summed E-state index contributed by atoms with van der Waals surface area (Å²) in [5.74, 6) is 0.664. The van der Waals surface area contributed by atoms with Crippen molar-refractivity contribution < 1.29 is 14.4 Å². The highest BCUT2D eigenvalue weighted by molar-refractivity contribution is 5.36. The normalized spacial score (nSPS) is 20.2. The molecule has 2 aromatic rings. The van der Waals surface area contributed by atoms with Crippen LogP contribution in [0.2, 0.25) is 0 Å². The molecule has 0 bridgehead atoms. The van der Waals surface area contributed by atoms with Crippen molar-refractivity contribution >= 4 is 5.69 Å². The predicted octanol–water partition coefficient (Wildman–Crippen LogP) is 3.72. The van der Waals surface area contributed by atoms with Gasteiger partial charge in [0.2, 0.25) is 0 Å². The van der Waals surface area contributed by atoms with Crippen LogP contribution in [0, 0.1) is 10.1 Å². The van der Waals surface area contributed by atoms with E-state index in [4.69, 9.17) is 9.47 Å². The van der Waals surface area contributed by atoms with E-state index in [0.717, 1.165) is 12.8 Å². The number of non-ortho nitro benzene ring substituents is 1. The molecular formula is C17H17NO4. The first-order valence-corrected chi connectivity index (χ1v) is 7.27. The summed E-state index contributed by atoms with van der Waals surface area (Å²) in [5.41, 5.74) is 1.24. The Balaban J connectivity index is 1.41. The third-order valence-electron chi connectivity index (χ3n) is 3.73. The van der Waals surface area contributed by atoms with Gasteiger partial charge in [-0.05, 0) is 17.7 Å². The highest BCUT2D eigenvalue weighted by atomic mass is 16.6. The fraction of sp³-hybridized carbons (Fsp3) is 0.294. The van der Waals surface area contributed by atoms with Crippen LogP contribution in [-0.2, 0) is 11.3 Å². The summed E-state index contributed by atoms with van der Waals surface area (Å²) >= 11 is 0. The molecule has 0 heterocycles. The first-order chi connectivity index (χ1) is 10.7. The molecule has 0 amide bonds. The maximum Gasteiger partial charge on any atom is 0.269 e. The van der Waals surface area contributed by atoms with Gasteiger partial charge in [0.15, 0.2) is 0 Å². The Labute approximate surface area is 128 Å². The molecule has 3 rings (SSSR count). The second-order valence-electron chi connectivity index (χ2n) is 5.38. The molecule has 22 heavy (non-hydrogen) atoms. The Kier molecular flexibility index (Phi) is 4.34. The van der Waals surface area contributed by atoms with Crippen molar-refractivity contribution in [3.63, 3.8) is 0 Å². The van der Waals surface area contributed by atoms with Crippen molar-refractivity contribution in [2.45, 2.75) is 31.7 Å². The second kappa shape index (κ2) is 6.58. The largest absolute Gasteiger partial charge is 0.490 e. The van der Waals surface area contributed by atoms with Crippen LogP contribution in [0.5, 0.6) is 5.75 Å². The maximum absolute atomic E-state index is 10.6. The van der Waals surface area contributed by atoms with Crippen molar-refractivity contribution in [3.8, 4) is 5.75 Å². The van der Waals surface area contributed by atoms with Crippen LogP contribution in [-0.4, -0.2) is 17.1 Å². The molecule has 1 aliphatic carbocycles. The summed E-state index contributed by atoms with van der Waals surface area (Å²) in [6.45, 7) is 0.621. The Hall–Kier alpha value is -2.40. The molecule has 0 spiro atoms. The molecule has 0 unspecified atom stereocenters. The van der Waals surface area contributed by atoms with Crippen LogP contribution in [0.25, 0.3) is 0 Å². The first kappa shape index (κ1) is 14.5. The minimum atomic E-state index is -0.416. The number of nitro groups is 1. The van der Waals surface area contributed by atoms with Crippen molar-refractivity contribution in [2.24, 2.45) is 0 Å². The zero-order valence-electron chi connectivity index (χ0n) is 12.1. The van der Waals surface area contributed by atoms with E-state index in [0.29, 0.717) is 12.4 Å². The molecule has 2 aromatic carbocycles. The van der Waals surface area contributed by atoms with Crippen LogP contribution in [0.3, 0.4) is 0 Å². The average Bonchev–Trinajstić information content (AvgIpc) is 2.51. The monoisotopic (exact) mass is 299 g/mol. The van der Waals surface area contributed by atoms with Gasteiger partial charge in [-0.25, -0.2) is 0 Å². The number of rotatable bonds is 6. The second-order valence-corrected chi connectivity index (χ2v) is 5.38. The van der Waals surface area contributed by atoms with Gasteiger partial charge >= 0.3 is 0 Å². The van der Waals surface area contributed by atoms with Gasteiger partial charge in [-0.2, -0.15) is 0 Å². The molecule has 0 aliphatic heterocycles. The van der Waals surface area contributed by atoms with E-state index in [9.17, 15) is 10.1 Å². The summed E-state index contributed by atoms with van der Waals surface area (Å²) < 4.78 is 11.6. The van der Waals surface area contributed by atoms with Gasteiger partial charge in [0.05, 0.1) is 17.6 Å². The van der Waals surface area contributed by atoms with E-state index >= 15 is 0 Å². The number of hydrogen-bond acceptors (Lipinski definition) is 4. The summed E-state index contributed by atoms with van der Waals surface area (Å²) in [5, 5.41) is 10.6. The molecular weight excluding hydrogens is 282 g/mol. The molecule has 0 atom stereocenters. The van der Waals surface area contributed by atoms with Crippen LogP contribution in [0.15, 0.2) is 54.6 Å². The molecule has 5 heteroatoms. The van der Waals surface area contributed by atoms with Gasteiger partial charge in [-0.3, -0.25) is 10.1 Å². The van der Waals surface area contributed by atoms with E-state index in [2.05, 4.69) is 0 Å². The lowest BCUT2D eigenvalue weighted by Gasteiger charge is -2.35.